The van der Waals surface area contributed by atoms with E-state index in [4.69, 9.17) is 30.8 Å². The second-order valence-electron chi connectivity index (χ2n) is 7.51. The van der Waals surface area contributed by atoms with E-state index < -0.39 is 0 Å². The minimum Gasteiger partial charge on any atom is -0.497 e. The summed E-state index contributed by atoms with van der Waals surface area (Å²) in [4.78, 5) is 24.5. The van der Waals surface area contributed by atoms with Crippen molar-refractivity contribution in [2.75, 3.05) is 44.6 Å². The summed E-state index contributed by atoms with van der Waals surface area (Å²) in [5.74, 6) is 1.69. The van der Waals surface area contributed by atoms with Gasteiger partial charge in [-0.3, -0.25) is 4.79 Å². The van der Waals surface area contributed by atoms with E-state index in [1.54, 1.807) is 26.4 Å². The van der Waals surface area contributed by atoms with Crippen molar-refractivity contribution >= 4 is 40.0 Å². The van der Waals surface area contributed by atoms with Gasteiger partial charge in [-0.15, -0.1) is 0 Å². The van der Waals surface area contributed by atoms with E-state index in [1.807, 2.05) is 24.3 Å². The Kier molecular flexibility index (Phi) is 6.50. The number of methoxy groups -OCH3 is 3. The second kappa shape index (κ2) is 9.48. The first kappa shape index (κ1) is 22.0. The van der Waals surface area contributed by atoms with Crippen molar-refractivity contribution in [2.45, 2.75) is 12.8 Å². The first-order chi connectivity index (χ1) is 15.5. The van der Waals surface area contributed by atoms with Gasteiger partial charge in [0, 0.05) is 25.2 Å². The fraction of sp³-hybridized carbons (Fsp3) is 0.348. The molecule has 0 bridgehead atoms. The molecule has 1 unspecified atom stereocenters. The molecule has 1 amide bonds. The lowest BCUT2D eigenvalue weighted by Gasteiger charge is -2.33. The first-order valence-electron chi connectivity index (χ1n) is 10.3. The number of hydrogen-bond acceptors (Lipinski definition) is 7. The minimum atomic E-state index is -0.260. The van der Waals surface area contributed by atoms with Gasteiger partial charge in [-0.05, 0) is 25.0 Å². The summed E-state index contributed by atoms with van der Waals surface area (Å²) in [6.45, 7) is 1.26. The Balaban J connectivity index is 1.56. The standard InChI is InChI=1S/C23H25ClN4O4/c1-30-15-11-16(24)20(19(12-15)31-2)27-22(29)14-7-6-10-28(13-14)21-23(32-3)26-18-9-5-4-8-17(18)25-21/h4-5,8-9,11-12,14H,6-7,10,13H2,1-3H3,(H,27,29). The Bertz CT molecular complexity index is 1140. The molecule has 2 heterocycles. The van der Waals surface area contributed by atoms with Crippen molar-refractivity contribution in [3.05, 3.63) is 41.4 Å². The van der Waals surface area contributed by atoms with Crippen LogP contribution in [0.15, 0.2) is 36.4 Å². The molecule has 1 aliphatic rings. The molecule has 2 aromatic carbocycles. The van der Waals surface area contributed by atoms with Gasteiger partial charge in [0.1, 0.15) is 17.2 Å². The van der Waals surface area contributed by atoms with Crippen molar-refractivity contribution in [1.82, 2.24) is 9.97 Å². The van der Waals surface area contributed by atoms with Crippen LogP contribution in [0.3, 0.4) is 0 Å². The molecule has 0 saturated carbocycles. The van der Waals surface area contributed by atoms with Gasteiger partial charge in [-0.25, -0.2) is 9.97 Å². The van der Waals surface area contributed by atoms with Crippen LogP contribution >= 0.6 is 11.6 Å². The van der Waals surface area contributed by atoms with Crippen LogP contribution in [0.4, 0.5) is 11.5 Å². The highest BCUT2D eigenvalue weighted by atomic mass is 35.5. The van der Waals surface area contributed by atoms with Gasteiger partial charge in [0.2, 0.25) is 5.91 Å². The minimum absolute atomic E-state index is 0.132. The zero-order valence-electron chi connectivity index (χ0n) is 18.2. The number of hydrogen-bond donors (Lipinski definition) is 1. The fourth-order valence-electron chi connectivity index (χ4n) is 3.88. The van der Waals surface area contributed by atoms with E-state index in [9.17, 15) is 4.79 Å². The Morgan fingerprint density at radius 3 is 2.53 bits per heavy atom. The number of ether oxygens (including phenoxy) is 3. The van der Waals surface area contributed by atoms with Crippen LogP contribution in [0.5, 0.6) is 17.4 Å². The van der Waals surface area contributed by atoms with Crippen molar-refractivity contribution in [1.29, 1.82) is 0 Å². The number of carbonyl (C=O) groups excluding carboxylic acids is 1. The zero-order chi connectivity index (χ0) is 22.7. The molecule has 8 nitrogen and oxygen atoms in total. The van der Waals surface area contributed by atoms with Gasteiger partial charge in [-0.2, -0.15) is 0 Å². The summed E-state index contributed by atoms with van der Waals surface area (Å²) in [5, 5.41) is 3.29. The van der Waals surface area contributed by atoms with Crippen LogP contribution in [0.2, 0.25) is 5.02 Å². The van der Waals surface area contributed by atoms with Gasteiger partial charge in [0.25, 0.3) is 5.88 Å². The predicted molar refractivity (Wildman–Crippen MR) is 124 cm³/mol. The third kappa shape index (κ3) is 4.36. The molecule has 3 aromatic rings. The second-order valence-corrected chi connectivity index (χ2v) is 7.91. The number of carbonyl (C=O) groups is 1. The summed E-state index contributed by atoms with van der Waals surface area (Å²) >= 11 is 6.37. The third-order valence-electron chi connectivity index (χ3n) is 5.54. The number of fused-ring (bicyclic) bond motifs is 1. The highest BCUT2D eigenvalue weighted by Gasteiger charge is 2.30. The molecule has 1 aromatic heterocycles. The third-order valence-corrected chi connectivity index (χ3v) is 5.84. The highest BCUT2D eigenvalue weighted by Crippen LogP contribution is 2.38. The number of piperidine rings is 1. The van der Waals surface area contributed by atoms with Crippen molar-refractivity contribution in [3.8, 4) is 17.4 Å². The maximum atomic E-state index is 13.1. The molecule has 1 saturated heterocycles. The molecule has 1 atom stereocenters. The smallest absolute Gasteiger partial charge is 0.257 e. The molecule has 1 aliphatic heterocycles. The monoisotopic (exact) mass is 456 g/mol. The fourth-order valence-corrected chi connectivity index (χ4v) is 4.13. The number of nitrogens with one attached hydrogen (secondary N) is 1. The molecule has 0 aliphatic carbocycles. The molecule has 0 radical (unpaired) electrons. The number of aromatic nitrogens is 2. The number of nitrogens with zero attached hydrogens (tertiary/aromatic N) is 3. The summed E-state index contributed by atoms with van der Waals surface area (Å²) in [7, 11) is 4.64. The van der Waals surface area contributed by atoms with Gasteiger partial charge in [0.05, 0.1) is 43.3 Å². The number of rotatable bonds is 6. The summed E-state index contributed by atoms with van der Waals surface area (Å²) in [6, 6.07) is 11.0. The maximum absolute atomic E-state index is 13.1. The maximum Gasteiger partial charge on any atom is 0.257 e. The summed E-state index contributed by atoms with van der Waals surface area (Å²) in [5.41, 5.74) is 1.98. The van der Waals surface area contributed by atoms with Crippen LogP contribution in [0, 0.1) is 5.92 Å². The average Bonchev–Trinajstić information content (AvgIpc) is 2.84. The lowest BCUT2D eigenvalue weighted by Crippen LogP contribution is -2.41. The van der Waals surface area contributed by atoms with Crippen LogP contribution in [-0.4, -0.2) is 50.3 Å². The van der Waals surface area contributed by atoms with Crippen LogP contribution < -0.4 is 24.4 Å². The molecular weight excluding hydrogens is 432 g/mol. The molecule has 0 spiro atoms. The van der Waals surface area contributed by atoms with Gasteiger partial charge in [-0.1, -0.05) is 23.7 Å². The first-order valence-corrected chi connectivity index (χ1v) is 10.7. The Labute approximate surface area is 191 Å². The number of halogens is 1. The van der Waals surface area contributed by atoms with Gasteiger partial charge in [0.15, 0.2) is 5.82 Å². The van der Waals surface area contributed by atoms with E-state index in [-0.39, 0.29) is 11.8 Å². The SMILES string of the molecule is COc1cc(Cl)c(NC(=O)C2CCCN(c3nc4ccccc4nc3OC)C2)c(OC)c1. The lowest BCUT2D eigenvalue weighted by molar-refractivity contribution is -0.120. The summed E-state index contributed by atoms with van der Waals surface area (Å²) < 4.78 is 16.1. The van der Waals surface area contributed by atoms with Gasteiger partial charge >= 0.3 is 0 Å². The van der Waals surface area contributed by atoms with E-state index in [2.05, 4.69) is 15.2 Å². The number of benzene rings is 2. The lowest BCUT2D eigenvalue weighted by atomic mass is 9.97. The number of para-hydroxylation sites is 2. The largest absolute Gasteiger partial charge is 0.497 e. The van der Waals surface area contributed by atoms with Crippen LogP contribution in [0.1, 0.15) is 12.8 Å². The van der Waals surface area contributed by atoms with Crippen LogP contribution in [-0.2, 0) is 4.79 Å². The van der Waals surface area contributed by atoms with Crippen LogP contribution in [0.25, 0.3) is 11.0 Å². The Morgan fingerprint density at radius 1 is 1.09 bits per heavy atom. The van der Waals surface area contributed by atoms with Crippen molar-refractivity contribution in [3.63, 3.8) is 0 Å². The molecule has 9 heteroatoms. The van der Waals surface area contributed by atoms with Crippen molar-refractivity contribution in [2.24, 2.45) is 5.92 Å². The molecule has 4 rings (SSSR count). The Hall–Kier alpha value is -3.26. The molecular formula is C23H25ClN4O4. The predicted octanol–water partition coefficient (Wildman–Crippen LogP) is 4.16. The quantitative estimate of drug-likeness (QED) is 0.595. The van der Waals surface area contributed by atoms with E-state index in [1.165, 1.54) is 7.11 Å². The van der Waals surface area contributed by atoms with Gasteiger partial charge < -0.3 is 24.4 Å². The summed E-state index contributed by atoms with van der Waals surface area (Å²) in [6.07, 6.45) is 1.59. The molecule has 1 N–H and O–H groups in total. The topological polar surface area (TPSA) is 85.8 Å². The normalized spacial score (nSPS) is 16.0. The zero-order valence-corrected chi connectivity index (χ0v) is 19.0. The highest BCUT2D eigenvalue weighted by molar-refractivity contribution is 6.34. The van der Waals surface area contributed by atoms with E-state index in [0.717, 1.165) is 30.4 Å². The van der Waals surface area contributed by atoms with Crippen molar-refractivity contribution < 1.29 is 19.0 Å². The Morgan fingerprint density at radius 2 is 1.84 bits per heavy atom. The average molecular weight is 457 g/mol. The molecule has 1 fully saturated rings. The molecule has 168 valence electrons. The van der Waals surface area contributed by atoms with E-state index >= 15 is 0 Å². The number of anilines is 2. The number of amides is 1. The molecule has 32 heavy (non-hydrogen) atoms. The van der Waals surface area contributed by atoms with E-state index in [0.29, 0.717) is 40.5 Å².